The van der Waals surface area contributed by atoms with Gasteiger partial charge in [-0.2, -0.15) is 15.5 Å². The van der Waals surface area contributed by atoms with E-state index < -0.39 is 5.54 Å². The van der Waals surface area contributed by atoms with E-state index in [1.807, 2.05) is 6.92 Å². The highest BCUT2D eigenvalue weighted by Gasteiger charge is 2.53. The molecule has 3 heteroatoms. The van der Waals surface area contributed by atoms with Crippen LogP contribution in [-0.2, 0) is 0 Å². The van der Waals surface area contributed by atoms with E-state index in [0.29, 0.717) is 0 Å². The first kappa shape index (κ1) is 5.84. The largest absolute Gasteiger partial charge is 0.196 e. The molecular formula is C7H9N3. The summed E-state index contributed by atoms with van der Waals surface area (Å²) >= 11 is 0. The zero-order valence-electron chi connectivity index (χ0n) is 5.96. The quantitative estimate of drug-likeness (QED) is 0.498. The molecule has 2 rings (SSSR count). The number of hydrogen-bond acceptors (Lipinski definition) is 3. The summed E-state index contributed by atoms with van der Waals surface area (Å²) in [5.41, 5.74) is -0.388. The molecule has 1 aliphatic heterocycles. The van der Waals surface area contributed by atoms with Crippen molar-refractivity contribution in [3.05, 3.63) is 0 Å². The Bertz CT molecular complexity index is 234. The van der Waals surface area contributed by atoms with Gasteiger partial charge in [-0.3, -0.25) is 0 Å². The third-order valence-corrected chi connectivity index (χ3v) is 2.22. The Labute approximate surface area is 59.8 Å². The number of hydrogen-bond donors (Lipinski definition) is 0. The number of rotatable bonds is 0. The Morgan fingerprint density at radius 3 is 2.40 bits per heavy atom. The minimum atomic E-state index is -0.503. The molecule has 0 aromatic rings. The van der Waals surface area contributed by atoms with Gasteiger partial charge in [0.2, 0.25) is 0 Å². The van der Waals surface area contributed by atoms with Crippen LogP contribution in [0.3, 0.4) is 0 Å². The third-order valence-electron chi connectivity index (χ3n) is 2.22. The lowest BCUT2D eigenvalue weighted by atomic mass is 9.97. The highest BCUT2D eigenvalue weighted by Crippen LogP contribution is 2.51. The summed E-state index contributed by atoms with van der Waals surface area (Å²) in [4.78, 5) is 0. The van der Waals surface area contributed by atoms with Crippen LogP contribution in [0.1, 0.15) is 26.2 Å². The molecule has 0 N–H and O–H groups in total. The molecule has 3 nitrogen and oxygen atoms in total. The van der Waals surface area contributed by atoms with E-state index in [-0.39, 0.29) is 5.54 Å². The number of nitriles is 1. The van der Waals surface area contributed by atoms with Crippen molar-refractivity contribution in [3.63, 3.8) is 0 Å². The lowest BCUT2D eigenvalue weighted by molar-refractivity contribution is 0.552. The summed E-state index contributed by atoms with van der Waals surface area (Å²) in [5, 5.41) is 16.8. The molecule has 2 aliphatic rings. The molecule has 1 heterocycles. The lowest BCUT2D eigenvalue weighted by Gasteiger charge is -2.07. The van der Waals surface area contributed by atoms with E-state index in [2.05, 4.69) is 16.3 Å². The smallest absolute Gasteiger partial charge is 0.167 e. The summed E-state index contributed by atoms with van der Waals surface area (Å²) < 4.78 is 0. The molecule has 1 spiro atoms. The van der Waals surface area contributed by atoms with Crippen LogP contribution in [0.4, 0.5) is 0 Å². The molecule has 0 aromatic heterocycles. The fourth-order valence-corrected chi connectivity index (χ4v) is 1.41. The van der Waals surface area contributed by atoms with Crippen LogP contribution in [0.15, 0.2) is 10.2 Å². The molecule has 1 atom stereocenters. The van der Waals surface area contributed by atoms with Gasteiger partial charge in [0.1, 0.15) is 0 Å². The predicted molar refractivity (Wildman–Crippen MR) is 35.5 cm³/mol. The maximum atomic E-state index is 8.68. The molecule has 10 heavy (non-hydrogen) atoms. The average Bonchev–Trinajstić information content (AvgIpc) is 2.56. The van der Waals surface area contributed by atoms with E-state index in [0.717, 1.165) is 19.3 Å². The fourth-order valence-electron chi connectivity index (χ4n) is 1.41. The first-order valence-electron chi connectivity index (χ1n) is 3.54. The molecule has 1 unspecified atom stereocenters. The standard InChI is InChI=1S/C7H9N3/c1-6(5-8)4-7(2-3-7)10-9-6/h2-4H2,1H3. The van der Waals surface area contributed by atoms with Crippen molar-refractivity contribution in [1.82, 2.24) is 0 Å². The summed E-state index contributed by atoms with van der Waals surface area (Å²) in [5.74, 6) is 0. The zero-order chi connectivity index (χ0) is 7.24. The predicted octanol–water partition coefficient (Wildman–Crippen LogP) is 1.66. The van der Waals surface area contributed by atoms with E-state index >= 15 is 0 Å². The Kier molecular flexibility index (Phi) is 0.814. The van der Waals surface area contributed by atoms with Crippen LogP contribution < -0.4 is 0 Å². The van der Waals surface area contributed by atoms with Crippen LogP contribution in [0.25, 0.3) is 0 Å². The van der Waals surface area contributed by atoms with Crippen LogP contribution in [0.2, 0.25) is 0 Å². The van der Waals surface area contributed by atoms with E-state index in [1.165, 1.54) is 0 Å². The van der Waals surface area contributed by atoms with Gasteiger partial charge in [-0.1, -0.05) is 0 Å². The molecule has 0 saturated heterocycles. The summed E-state index contributed by atoms with van der Waals surface area (Å²) in [7, 11) is 0. The van der Waals surface area contributed by atoms with E-state index in [1.54, 1.807) is 0 Å². The first-order chi connectivity index (χ1) is 4.68. The van der Waals surface area contributed by atoms with Gasteiger partial charge in [-0.15, -0.1) is 0 Å². The van der Waals surface area contributed by atoms with Gasteiger partial charge in [0.25, 0.3) is 0 Å². The maximum Gasteiger partial charge on any atom is 0.167 e. The van der Waals surface area contributed by atoms with Crippen LogP contribution in [-0.4, -0.2) is 11.1 Å². The molecule has 1 fully saturated rings. The van der Waals surface area contributed by atoms with Crippen molar-refractivity contribution in [2.75, 3.05) is 0 Å². The number of nitrogens with zero attached hydrogens (tertiary/aromatic N) is 3. The van der Waals surface area contributed by atoms with Crippen LogP contribution in [0, 0.1) is 11.3 Å². The van der Waals surface area contributed by atoms with Gasteiger partial charge >= 0.3 is 0 Å². The molecule has 0 radical (unpaired) electrons. The third kappa shape index (κ3) is 0.652. The van der Waals surface area contributed by atoms with Gasteiger partial charge in [0, 0.05) is 6.42 Å². The highest BCUT2D eigenvalue weighted by atomic mass is 15.3. The van der Waals surface area contributed by atoms with Crippen LogP contribution in [0.5, 0.6) is 0 Å². The average molecular weight is 135 g/mol. The van der Waals surface area contributed by atoms with Gasteiger partial charge in [0.05, 0.1) is 11.6 Å². The van der Waals surface area contributed by atoms with Crippen molar-refractivity contribution >= 4 is 0 Å². The minimum absolute atomic E-state index is 0.116. The van der Waals surface area contributed by atoms with Gasteiger partial charge in [0.15, 0.2) is 5.54 Å². The van der Waals surface area contributed by atoms with Crippen molar-refractivity contribution in [2.45, 2.75) is 37.3 Å². The Morgan fingerprint density at radius 2 is 2.10 bits per heavy atom. The van der Waals surface area contributed by atoms with Crippen molar-refractivity contribution < 1.29 is 0 Å². The van der Waals surface area contributed by atoms with Gasteiger partial charge in [-0.25, -0.2) is 0 Å². The topological polar surface area (TPSA) is 48.5 Å². The van der Waals surface area contributed by atoms with E-state index in [4.69, 9.17) is 5.26 Å². The molecule has 1 saturated carbocycles. The fraction of sp³-hybridized carbons (Fsp3) is 0.857. The first-order valence-corrected chi connectivity index (χ1v) is 3.54. The monoisotopic (exact) mass is 135 g/mol. The maximum absolute atomic E-state index is 8.68. The second kappa shape index (κ2) is 1.39. The molecule has 0 bridgehead atoms. The van der Waals surface area contributed by atoms with Crippen molar-refractivity contribution in [2.24, 2.45) is 10.2 Å². The molecule has 0 aromatic carbocycles. The normalized spacial score (nSPS) is 40.0. The van der Waals surface area contributed by atoms with E-state index in [9.17, 15) is 0 Å². The van der Waals surface area contributed by atoms with Gasteiger partial charge < -0.3 is 0 Å². The highest BCUT2D eigenvalue weighted by molar-refractivity contribution is 5.18. The number of azo groups is 1. The Morgan fingerprint density at radius 1 is 1.40 bits per heavy atom. The lowest BCUT2D eigenvalue weighted by Crippen LogP contribution is -2.19. The molecule has 52 valence electrons. The zero-order valence-corrected chi connectivity index (χ0v) is 5.96. The molecule has 0 amide bonds. The Balaban J connectivity index is 2.22. The summed E-state index contributed by atoms with van der Waals surface area (Å²) in [6.07, 6.45) is 3.11. The molecular weight excluding hydrogens is 126 g/mol. The van der Waals surface area contributed by atoms with Crippen molar-refractivity contribution in [1.29, 1.82) is 5.26 Å². The second-order valence-electron chi connectivity index (χ2n) is 3.49. The second-order valence-corrected chi connectivity index (χ2v) is 3.49. The SMILES string of the molecule is CC1(C#N)CC2(CC2)N=N1. The minimum Gasteiger partial charge on any atom is -0.196 e. The van der Waals surface area contributed by atoms with Crippen molar-refractivity contribution in [3.8, 4) is 6.07 Å². The van der Waals surface area contributed by atoms with Crippen LogP contribution >= 0.6 is 0 Å². The Hall–Kier alpha value is -0.910. The molecule has 1 aliphatic carbocycles. The van der Waals surface area contributed by atoms with Gasteiger partial charge in [-0.05, 0) is 19.8 Å². The summed E-state index contributed by atoms with van der Waals surface area (Å²) in [6.45, 7) is 1.85. The summed E-state index contributed by atoms with van der Waals surface area (Å²) in [6, 6.07) is 2.18.